The van der Waals surface area contributed by atoms with Crippen LogP contribution in [0.2, 0.25) is 0 Å². The van der Waals surface area contributed by atoms with E-state index in [1.54, 1.807) is 43.5 Å². The monoisotopic (exact) mass is 316 g/mol. The Hall–Kier alpha value is -2.64. The highest BCUT2D eigenvalue weighted by Gasteiger charge is 2.24. The second kappa shape index (κ2) is 6.64. The van der Waals surface area contributed by atoms with Crippen LogP contribution in [0.25, 0.3) is 0 Å². The summed E-state index contributed by atoms with van der Waals surface area (Å²) < 4.78 is 6.76. The zero-order valence-corrected chi connectivity index (χ0v) is 13.3. The number of hydrogen-bond acceptors (Lipinski definition) is 6. The quantitative estimate of drug-likeness (QED) is 0.890. The highest BCUT2D eigenvalue weighted by molar-refractivity contribution is 5.93. The lowest BCUT2D eigenvalue weighted by molar-refractivity contribution is 0.0933. The first-order valence-corrected chi connectivity index (χ1v) is 7.57. The maximum atomic E-state index is 12.2. The van der Waals surface area contributed by atoms with Crippen LogP contribution in [0.3, 0.4) is 0 Å². The maximum Gasteiger partial charge on any atom is 0.254 e. The minimum absolute atomic E-state index is 0.0613. The van der Waals surface area contributed by atoms with E-state index in [1.165, 1.54) is 0 Å². The number of piperidine rings is 1. The standard InChI is InChI=1S/C15H20N6O2/c1-20-9-11(8-17-20)14(22)18-12-4-3-7-21(10-12)15-16-6-5-13(19-15)23-2/h5-6,8-9,12H,3-4,7,10H2,1-2H3,(H,18,22). The molecule has 0 radical (unpaired) electrons. The van der Waals surface area contributed by atoms with E-state index in [0.29, 0.717) is 23.9 Å². The summed E-state index contributed by atoms with van der Waals surface area (Å²) in [5.74, 6) is 1.07. The molecule has 0 spiro atoms. The zero-order valence-electron chi connectivity index (χ0n) is 13.3. The molecule has 23 heavy (non-hydrogen) atoms. The first kappa shape index (κ1) is 15.3. The molecule has 1 N–H and O–H groups in total. The van der Waals surface area contributed by atoms with Crippen LogP contribution in [-0.2, 0) is 7.05 Å². The van der Waals surface area contributed by atoms with Gasteiger partial charge in [0.25, 0.3) is 5.91 Å². The van der Waals surface area contributed by atoms with E-state index < -0.39 is 0 Å². The number of anilines is 1. The molecule has 8 heteroatoms. The number of amides is 1. The topological polar surface area (TPSA) is 85.2 Å². The van der Waals surface area contributed by atoms with Crippen LogP contribution >= 0.6 is 0 Å². The molecule has 1 atom stereocenters. The maximum absolute atomic E-state index is 12.2. The number of ether oxygens (including phenoxy) is 1. The summed E-state index contributed by atoms with van der Waals surface area (Å²) in [6, 6.07) is 1.78. The molecule has 3 rings (SSSR count). The second-order valence-corrected chi connectivity index (χ2v) is 5.56. The molecule has 2 aromatic heterocycles. The Bertz CT molecular complexity index is 686. The van der Waals surface area contributed by atoms with Gasteiger partial charge in [-0.2, -0.15) is 10.1 Å². The molecule has 1 saturated heterocycles. The normalized spacial score (nSPS) is 17.8. The number of aryl methyl sites for hydroxylation is 1. The fourth-order valence-electron chi connectivity index (χ4n) is 2.68. The van der Waals surface area contributed by atoms with Crippen LogP contribution in [0.5, 0.6) is 5.88 Å². The summed E-state index contributed by atoms with van der Waals surface area (Å²) in [4.78, 5) is 23.0. The smallest absolute Gasteiger partial charge is 0.254 e. The highest BCUT2D eigenvalue weighted by Crippen LogP contribution is 2.18. The van der Waals surface area contributed by atoms with Crippen LogP contribution in [0.1, 0.15) is 23.2 Å². The van der Waals surface area contributed by atoms with Gasteiger partial charge in [-0.1, -0.05) is 0 Å². The van der Waals surface area contributed by atoms with E-state index in [-0.39, 0.29) is 11.9 Å². The van der Waals surface area contributed by atoms with Gasteiger partial charge in [-0.05, 0) is 12.8 Å². The molecule has 2 aromatic rings. The van der Waals surface area contributed by atoms with Gasteiger partial charge in [-0.25, -0.2) is 4.98 Å². The van der Waals surface area contributed by atoms with E-state index >= 15 is 0 Å². The lowest BCUT2D eigenvalue weighted by Gasteiger charge is -2.33. The molecule has 0 bridgehead atoms. The summed E-state index contributed by atoms with van der Waals surface area (Å²) in [5, 5.41) is 7.08. The molecule has 122 valence electrons. The van der Waals surface area contributed by atoms with Crippen molar-refractivity contribution in [3.8, 4) is 5.88 Å². The average molecular weight is 316 g/mol. The largest absolute Gasteiger partial charge is 0.481 e. The van der Waals surface area contributed by atoms with Crippen molar-refractivity contribution in [2.24, 2.45) is 7.05 Å². The Labute approximate surface area is 134 Å². The summed E-state index contributed by atoms with van der Waals surface area (Å²) in [7, 11) is 3.37. The number of aromatic nitrogens is 4. The molecule has 0 aromatic carbocycles. The number of carbonyl (C=O) groups excluding carboxylic acids is 1. The first-order chi connectivity index (χ1) is 11.2. The number of carbonyl (C=O) groups is 1. The van der Waals surface area contributed by atoms with E-state index in [0.717, 1.165) is 19.4 Å². The molecule has 1 aliphatic heterocycles. The predicted molar refractivity (Wildman–Crippen MR) is 84.5 cm³/mol. The Morgan fingerprint density at radius 3 is 3.09 bits per heavy atom. The Morgan fingerprint density at radius 2 is 2.35 bits per heavy atom. The van der Waals surface area contributed by atoms with Crippen molar-refractivity contribution in [2.45, 2.75) is 18.9 Å². The van der Waals surface area contributed by atoms with Crippen molar-refractivity contribution in [3.63, 3.8) is 0 Å². The van der Waals surface area contributed by atoms with Gasteiger partial charge in [0.1, 0.15) is 0 Å². The Balaban J connectivity index is 1.64. The van der Waals surface area contributed by atoms with Gasteiger partial charge in [-0.3, -0.25) is 9.48 Å². The average Bonchev–Trinajstić information content (AvgIpc) is 3.02. The summed E-state index contributed by atoms with van der Waals surface area (Å²) >= 11 is 0. The number of nitrogens with zero attached hydrogens (tertiary/aromatic N) is 5. The Kier molecular flexibility index (Phi) is 4.40. The van der Waals surface area contributed by atoms with Gasteiger partial charge in [0.05, 0.1) is 18.9 Å². The van der Waals surface area contributed by atoms with Gasteiger partial charge in [0.15, 0.2) is 0 Å². The van der Waals surface area contributed by atoms with E-state index in [2.05, 4.69) is 25.3 Å². The lowest BCUT2D eigenvalue weighted by Crippen LogP contribution is -2.48. The molecule has 0 saturated carbocycles. The van der Waals surface area contributed by atoms with Gasteiger partial charge in [-0.15, -0.1) is 0 Å². The highest BCUT2D eigenvalue weighted by atomic mass is 16.5. The molecule has 8 nitrogen and oxygen atoms in total. The van der Waals surface area contributed by atoms with Crippen LogP contribution in [0.4, 0.5) is 5.95 Å². The molecule has 0 aliphatic carbocycles. The van der Waals surface area contributed by atoms with E-state index in [1.807, 2.05) is 0 Å². The van der Waals surface area contributed by atoms with Crippen molar-refractivity contribution in [2.75, 3.05) is 25.1 Å². The third kappa shape index (κ3) is 3.58. The Morgan fingerprint density at radius 1 is 1.48 bits per heavy atom. The fourth-order valence-corrected chi connectivity index (χ4v) is 2.68. The molecular weight excluding hydrogens is 296 g/mol. The van der Waals surface area contributed by atoms with Gasteiger partial charge in [0, 0.05) is 44.6 Å². The van der Waals surface area contributed by atoms with Gasteiger partial charge in [0.2, 0.25) is 11.8 Å². The second-order valence-electron chi connectivity index (χ2n) is 5.56. The van der Waals surface area contributed by atoms with Crippen molar-refractivity contribution in [1.29, 1.82) is 0 Å². The van der Waals surface area contributed by atoms with Gasteiger partial charge >= 0.3 is 0 Å². The van der Waals surface area contributed by atoms with Crippen molar-refractivity contribution < 1.29 is 9.53 Å². The molecule has 1 amide bonds. The van der Waals surface area contributed by atoms with Crippen LogP contribution in [-0.4, -0.2) is 51.9 Å². The van der Waals surface area contributed by atoms with Crippen molar-refractivity contribution >= 4 is 11.9 Å². The van der Waals surface area contributed by atoms with Crippen molar-refractivity contribution in [1.82, 2.24) is 25.1 Å². The number of methoxy groups -OCH3 is 1. The first-order valence-electron chi connectivity index (χ1n) is 7.57. The number of nitrogens with one attached hydrogen (secondary N) is 1. The lowest BCUT2D eigenvalue weighted by atomic mass is 10.1. The summed E-state index contributed by atoms with van der Waals surface area (Å²) in [6.07, 6.45) is 6.87. The van der Waals surface area contributed by atoms with E-state index in [4.69, 9.17) is 4.74 Å². The SMILES string of the molecule is COc1ccnc(N2CCCC(NC(=O)c3cnn(C)c3)C2)n1. The molecular formula is C15H20N6O2. The molecule has 3 heterocycles. The van der Waals surface area contributed by atoms with Crippen LogP contribution in [0.15, 0.2) is 24.7 Å². The minimum atomic E-state index is -0.100. The molecule has 1 aliphatic rings. The number of hydrogen-bond donors (Lipinski definition) is 1. The zero-order chi connectivity index (χ0) is 16.2. The minimum Gasteiger partial charge on any atom is -0.481 e. The molecule has 1 unspecified atom stereocenters. The summed E-state index contributed by atoms with van der Waals surface area (Å²) in [6.45, 7) is 1.55. The molecule has 1 fully saturated rings. The summed E-state index contributed by atoms with van der Waals surface area (Å²) in [5.41, 5.74) is 0.572. The van der Waals surface area contributed by atoms with Crippen LogP contribution < -0.4 is 15.0 Å². The van der Waals surface area contributed by atoms with Crippen molar-refractivity contribution in [3.05, 3.63) is 30.2 Å². The number of rotatable bonds is 4. The third-order valence-electron chi connectivity index (χ3n) is 3.83. The third-order valence-corrected chi connectivity index (χ3v) is 3.83. The fraction of sp³-hybridized carbons (Fsp3) is 0.467. The predicted octanol–water partition coefficient (Wildman–Crippen LogP) is 0.617. The van der Waals surface area contributed by atoms with Crippen LogP contribution in [0, 0.1) is 0 Å². The van der Waals surface area contributed by atoms with Gasteiger partial charge < -0.3 is 15.0 Å². The van der Waals surface area contributed by atoms with E-state index in [9.17, 15) is 4.79 Å².